The number of aryl methyl sites for hydroxylation is 1. The van der Waals surface area contributed by atoms with E-state index < -0.39 is 27.8 Å². The van der Waals surface area contributed by atoms with Gasteiger partial charge in [0.05, 0.1) is 17.9 Å². The predicted molar refractivity (Wildman–Crippen MR) is 115 cm³/mol. The van der Waals surface area contributed by atoms with Gasteiger partial charge in [-0.2, -0.15) is 4.31 Å². The van der Waals surface area contributed by atoms with Crippen LogP contribution in [0.1, 0.15) is 18.4 Å². The molecule has 0 bridgehead atoms. The van der Waals surface area contributed by atoms with Gasteiger partial charge in [-0.15, -0.1) is 0 Å². The highest BCUT2D eigenvalue weighted by Crippen LogP contribution is 2.25. The Kier molecular flexibility index (Phi) is 7.29. The SMILES string of the molecule is COc1ccc(S(=O)(=O)N2CCC(C(=O)OCC(=O)Nc3ccc(C)cc3)CC2)cc1. The number of ether oxygens (including phenoxy) is 2. The third kappa shape index (κ3) is 5.83. The Morgan fingerprint density at radius 2 is 1.65 bits per heavy atom. The normalized spacial score (nSPS) is 15.3. The van der Waals surface area contributed by atoms with Gasteiger partial charge in [0.2, 0.25) is 10.0 Å². The molecule has 0 radical (unpaired) electrons. The van der Waals surface area contributed by atoms with Crippen molar-refractivity contribution in [1.29, 1.82) is 0 Å². The molecule has 9 heteroatoms. The maximum Gasteiger partial charge on any atom is 0.309 e. The summed E-state index contributed by atoms with van der Waals surface area (Å²) in [6, 6.07) is 13.5. The van der Waals surface area contributed by atoms with Gasteiger partial charge < -0.3 is 14.8 Å². The van der Waals surface area contributed by atoms with Crippen molar-refractivity contribution >= 4 is 27.6 Å². The Labute approximate surface area is 182 Å². The summed E-state index contributed by atoms with van der Waals surface area (Å²) < 4.78 is 37.1. The first kappa shape index (κ1) is 22.8. The van der Waals surface area contributed by atoms with Gasteiger partial charge >= 0.3 is 5.97 Å². The minimum absolute atomic E-state index is 0.183. The van der Waals surface area contributed by atoms with Gasteiger partial charge in [0.25, 0.3) is 5.91 Å². The molecule has 0 unspecified atom stereocenters. The van der Waals surface area contributed by atoms with E-state index in [1.807, 2.05) is 19.1 Å². The number of nitrogens with one attached hydrogen (secondary N) is 1. The van der Waals surface area contributed by atoms with Crippen LogP contribution >= 0.6 is 0 Å². The van der Waals surface area contributed by atoms with E-state index in [0.29, 0.717) is 24.3 Å². The van der Waals surface area contributed by atoms with Crippen LogP contribution in [0.2, 0.25) is 0 Å². The molecular weight excluding hydrogens is 420 g/mol. The maximum absolute atomic E-state index is 12.8. The maximum atomic E-state index is 12.8. The first-order valence-corrected chi connectivity index (χ1v) is 11.4. The number of esters is 1. The fourth-order valence-electron chi connectivity index (χ4n) is 3.32. The number of nitrogens with zero attached hydrogens (tertiary/aromatic N) is 1. The highest BCUT2D eigenvalue weighted by atomic mass is 32.2. The molecule has 166 valence electrons. The van der Waals surface area contributed by atoms with Gasteiger partial charge in [-0.25, -0.2) is 8.42 Å². The minimum atomic E-state index is -3.64. The lowest BCUT2D eigenvalue weighted by Gasteiger charge is -2.30. The fourth-order valence-corrected chi connectivity index (χ4v) is 4.79. The molecule has 0 saturated carbocycles. The zero-order valence-electron chi connectivity index (χ0n) is 17.5. The first-order valence-electron chi connectivity index (χ1n) is 9.97. The molecule has 0 aromatic heterocycles. The summed E-state index contributed by atoms with van der Waals surface area (Å²) in [7, 11) is -2.12. The minimum Gasteiger partial charge on any atom is -0.497 e. The van der Waals surface area contributed by atoms with E-state index in [0.717, 1.165) is 5.56 Å². The molecule has 0 atom stereocenters. The van der Waals surface area contributed by atoms with E-state index in [9.17, 15) is 18.0 Å². The van der Waals surface area contributed by atoms with Gasteiger partial charge in [-0.05, 0) is 56.2 Å². The number of hydrogen-bond acceptors (Lipinski definition) is 6. The summed E-state index contributed by atoms with van der Waals surface area (Å²) in [6.45, 7) is 1.99. The molecule has 31 heavy (non-hydrogen) atoms. The quantitative estimate of drug-likeness (QED) is 0.656. The zero-order chi connectivity index (χ0) is 22.4. The summed E-state index contributed by atoms with van der Waals surface area (Å²) >= 11 is 0. The molecule has 1 saturated heterocycles. The van der Waals surface area contributed by atoms with Crippen molar-refractivity contribution in [3.63, 3.8) is 0 Å². The van der Waals surface area contributed by atoms with Crippen LogP contribution in [0, 0.1) is 12.8 Å². The smallest absolute Gasteiger partial charge is 0.309 e. The second-order valence-electron chi connectivity index (χ2n) is 7.38. The zero-order valence-corrected chi connectivity index (χ0v) is 18.4. The highest BCUT2D eigenvalue weighted by molar-refractivity contribution is 7.89. The summed E-state index contributed by atoms with van der Waals surface area (Å²) in [6.07, 6.45) is 0.682. The standard InChI is InChI=1S/C22H26N2O6S/c1-16-3-5-18(6-4-16)23-21(25)15-30-22(26)17-11-13-24(14-12-17)31(27,28)20-9-7-19(29-2)8-10-20/h3-10,17H,11-15H2,1-2H3,(H,23,25). The third-order valence-electron chi connectivity index (χ3n) is 5.17. The number of anilines is 1. The van der Waals surface area contributed by atoms with Crippen LogP contribution in [-0.2, 0) is 24.3 Å². The van der Waals surface area contributed by atoms with Crippen molar-refractivity contribution < 1.29 is 27.5 Å². The lowest BCUT2D eigenvalue weighted by atomic mass is 9.98. The fraction of sp³-hybridized carbons (Fsp3) is 0.364. The summed E-state index contributed by atoms with van der Waals surface area (Å²) in [4.78, 5) is 24.5. The number of rotatable bonds is 7. The molecule has 2 aromatic carbocycles. The lowest BCUT2D eigenvalue weighted by molar-refractivity contribution is -0.152. The number of sulfonamides is 1. The van der Waals surface area contributed by atoms with Crippen LogP contribution in [0.15, 0.2) is 53.4 Å². The van der Waals surface area contributed by atoms with E-state index in [1.165, 1.54) is 23.5 Å². The third-order valence-corrected chi connectivity index (χ3v) is 7.08. The number of benzene rings is 2. The van der Waals surface area contributed by atoms with Gasteiger partial charge in [0, 0.05) is 18.8 Å². The van der Waals surface area contributed by atoms with E-state index in [-0.39, 0.29) is 24.6 Å². The number of carbonyl (C=O) groups is 2. The van der Waals surface area contributed by atoms with Crippen LogP contribution in [0.3, 0.4) is 0 Å². The second-order valence-corrected chi connectivity index (χ2v) is 9.31. The van der Waals surface area contributed by atoms with E-state index in [4.69, 9.17) is 9.47 Å². The Morgan fingerprint density at radius 3 is 2.23 bits per heavy atom. The van der Waals surface area contributed by atoms with Crippen LogP contribution in [-0.4, -0.2) is 51.4 Å². The van der Waals surface area contributed by atoms with Crippen LogP contribution < -0.4 is 10.1 Å². The highest BCUT2D eigenvalue weighted by Gasteiger charge is 2.33. The van der Waals surface area contributed by atoms with Gasteiger partial charge in [-0.1, -0.05) is 17.7 Å². The molecule has 3 rings (SSSR count). The second kappa shape index (κ2) is 9.93. The van der Waals surface area contributed by atoms with Crippen LogP contribution in [0.5, 0.6) is 5.75 Å². The summed E-state index contributed by atoms with van der Waals surface area (Å²) in [5, 5.41) is 2.67. The predicted octanol–water partition coefficient (Wildman–Crippen LogP) is 2.59. The lowest BCUT2D eigenvalue weighted by Crippen LogP contribution is -2.40. The van der Waals surface area contributed by atoms with Gasteiger partial charge in [-0.3, -0.25) is 9.59 Å². The van der Waals surface area contributed by atoms with Gasteiger partial charge in [0.1, 0.15) is 5.75 Å². The molecule has 1 fully saturated rings. The van der Waals surface area contributed by atoms with Crippen molar-refractivity contribution in [2.45, 2.75) is 24.7 Å². The molecule has 1 heterocycles. The van der Waals surface area contributed by atoms with Crippen molar-refractivity contribution in [1.82, 2.24) is 4.31 Å². The van der Waals surface area contributed by atoms with Gasteiger partial charge in [0.15, 0.2) is 6.61 Å². The molecule has 0 aliphatic carbocycles. The van der Waals surface area contributed by atoms with Crippen molar-refractivity contribution in [2.75, 3.05) is 32.1 Å². The molecule has 1 N–H and O–H groups in total. The Balaban J connectivity index is 1.47. The average molecular weight is 447 g/mol. The Bertz CT molecular complexity index is 1010. The molecule has 1 aliphatic heterocycles. The number of amides is 1. The Hall–Kier alpha value is -2.91. The molecule has 2 aromatic rings. The molecule has 1 aliphatic rings. The Morgan fingerprint density at radius 1 is 1.03 bits per heavy atom. The number of carbonyl (C=O) groups excluding carboxylic acids is 2. The van der Waals surface area contributed by atoms with Crippen molar-refractivity contribution in [2.24, 2.45) is 5.92 Å². The number of methoxy groups -OCH3 is 1. The van der Waals surface area contributed by atoms with E-state index >= 15 is 0 Å². The van der Waals surface area contributed by atoms with Crippen LogP contribution in [0.25, 0.3) is 0 Å². The number of hydrogen-bond donors (Lipinski definition) is 1. The summed E-state index contributed by atoms with van der Waals surface area (Å²) in [5.74, 6) is -0.765. The van der Waals surface area contributed by atoms with E-state index in [2.05, 4.69) is 5.32 Å². The summed E-state index contributed by atoms with van der Waals surface area (Å²) in [5.41, 5.74) is 1.70. The monoisotopic (exact) mass is 446 g/mol. The topological polar surface area (TPSA) is 102 Å². The first-order chi connectivity index (χ1) is 14.8. The average Bonchev–Trinajstić information content (AvgIpc) is 2.79. The van der Waals surface area contributed by atoms with Crippen LogP contribution in [0.4, 0.5) is 5.69 Å². The van der Waals surface area contributed by atoms with Crippen molar-refractivity contribution in [3.8, 4) is 5.75 Å². The van der Waals surface area contributed by atoms with Crippen molar-refractivity contribution in [3.05, 3.63) is 54.1 Å². The molecule has 0 spiro atoms. The largest absolute Gasteiger partial charge is 0.497 e. The molecule has 8 nitrogen and oxygen atoms in total. The van der Waals surface area contributed by atoms with E-state index in [1.54, 1.807) is 24.3 Å². The number of piperidine rings is 1. The molecular formula is C22H26N2O6S. The molecule has 1 amide bonds.